The van der Waals surface area contributed by atoms with E-state index in [1.54, 1.807) is 33.5 Å². The number of hydrogen-bond donors (Lipinski definition) is 0. The lowest BCUT2D eigenvalue weighted by Crippen LogP contribution is -2.41. The van der Waals surface area contributed by atoms with Crippen LogP contribution in [-0.4, -0.2) is 83.0 Å². The molecule has 2 aromatic carbocycles. The molecule has 1 fully saturated rings. The highest BCUT2D eigenvalue weighted by molar-refractivity contribution is 7.90. The predicted molar refractivity (Wildman–Crippen MR) is 147 cm³/mol. The number of carbonyl (C=O) groups is 1. The van der Waals surface area contributed by atoms with Crippen molar-refractivity contribution in [2.75, 3.05) is 44.9 Å². The fourth-order valence-electron chi connectivity index (χ4n) is 4.31. The molecule has 200 valence electrons. The highest BCUT2D eigenvalue weighted by atomic mass is 32.2. The van der Waals surface area contributed by atoms with Crippen LogP contribution in [-0.2, 0) is 19.9 Å². The molecule has 1 aromatic heterocycles. The number of piperidine rings is 1. The first kappa shape index (κ1) is 27.6. The molecule has 1 saturated heterocycles. The number of rotatable bonds is 8. The van der Waals surface area contributed by atoms with E-state index >= 15 is 0 Å². The van der Waals surface area contributed by atoms with Gasteiger partial charge < -0.3 is 4.90 Å². The largest absolute Gasteiger partial charge is 0.308 e. The minimum Gasteiger partial charge on any atom is -0.308 e. The number of likely N-dealkylation sites (N-methyl/N-ethyl adjacent to an activating group) is 1. The molecule has 3 aromatic rings. The third-order valence-corrected chi connectivity index (χ3v) is 10.7. The normalized spacial score (nSPS) is 17.4. The van der Waals surface area contributed by atoms with Gasteiger partial charge in [0.15, 0.2) is 15.0 Å². The zero-order valence-electron chi connectivity index (χ0n) is 21.4. The summed E-state index contributed by atoms with van der Waals surface area (Å²) >= 11 is 1.25. The molecule has 1 aliphatic heterocycles. The molecular formula is C25H32N4O5S3. The summed E-state index contributed by atoms with van der Waals surface area (Å²) in [5.74, 6) is -0.306. The van der Waals surface area contributed by atoms with Gasteiger partial charge in [0.2, 0.25) is 10.0 Å². The van der Waals surface area contributed by atoms with Crippen LogP contribution in [0.2, 0.25) is 0 Å². The number of carbonyl (C=O) groups excluding carboxylic acids is 1. The fourth-order valence-corrected chi connectivity index (χ4v) is 7.76. The Morgan fingerprint density at radius 1 is 1.03 bits per heavy atom. The van der Waals surface area contributed by atoms with E-state index in [2.05, 4.69) is 4.98 Å². The molecule has 0 saturated carbocycles. The molecule has 12 heteroatoms. The van der Waals surface area contributed by atoms with Crippen LogP contribution < -0.4 is 4.90 Å². The van der Waals surface area contributed by atoms with Crippen LogP contribution in [0.1, 0.15) is 36.5 Å². The van der Waals surface area contributed by atoms with Crippen molar-refractivity contribution < 1.29 is 21.6 Å². The molecule has 1 amide bonds. The van der Waals surface area contributed by atoms with E-state index in [4.69, 9.17) is 0 Å². The number of nitrogens with zero attached hydrogens (tertiary/aromatic N) is 4. The van der Waals surface area contributed by atoms with Gasteiger partial charge in [0, 0.05) is 37.5 Å². The molecule has 37 heavy (non-hydrogen) atoms. The van der Waals surface area contributed by atoms with Crippen LogP contribution in [0.15, 0.2) is 52.3 Å². The number of aromatic nitrogens is 1. The van der Waals surface area contributed by atoms with E-state index < -0.39 is 19.9 Å². The maximum absolute atomic E-state index is 13.6. The van der Waals surface area contributed by atoms with Gasteiger partial charge in [0.05, 0.1) is 20.0 Å². The van der Waals surface area contributed by atoms with Crippen molar-refractivity contribution in [3.63, 3.8) is 0 Å². The number of amides is 1. The summed E-state index contributed by atoms with van der Waals surface area (Å²) in [7, 11) is -3.21. The zero-order valence-corrected chi connectivity index (χ0v) is 23.9. The van der Waals surface area contributed by atoms with E-state index in [1.807, 2.05) is 25.9 Å². The molecule has 0 bridgehead atoms. The number of sulfone groups is 1. The van der Waals surface area contributed by atoms with Gasteiger partial charge in [-0.1, -0.05) is 17.8 Å². The zero-order chi connectivity index (χ0) is 27.0. The van der Waals surface area contributed by atoms with Crippen LogP contribution in [0.5, 0.6) is 0 Å². The second-order valence-corrected chi connectivity index (χ2v) is 14.6. The molecular weight excluding hydrogens is 532 g/mol. The minimum absolute atomic E-state index is 0.0520. The summed E-state index contributed by atoms with van der Waals surface area (Å²) in [4.78, 5) is 22.1. The number of anilines is 1. The summed E-state index contributed by atoms with van der Waals surface area (Å²) in [5.41, 5.74) is 0.952. The Morgan fingerprint density at radius 2 is 1.70 bits per heavy atom. The standard InChI is InChI=1S/C25H32N4O5S3/c1-18-7-5-6-14-29(18)37(33,34)20-10-8-19(9-11-20)24(30)28(16-15-27(2)3)25-26-22-13-12-21(36(4,31)32)17-23(22)35-25/h8-13,17-18H,5-7,14-16H2,1-4H3. The molecule has 1 aliphatic rings. The third kappa shape index (κ3) is 6.04. The Bertz CT molecular complexity index is 1500. The lowest BCUT2D eigenvalue weighted by molar-refractivity contribution is 0.0985. The van der Waals surface area contributed by atoms with Gasteiger partial charge >= 0.3 is 0 Å². The lowest BCUT2D eigenvalue weighted by Gasteiger charge is -2.32. The summed E-state index contributed by atoms with van der Waals surface area (Å²) in [6, 6.07) is 10.7. The molecule has 2 heterocycles. The smallest absolute Gasteiger partial charge is 0.260 e. The van der Waals surface area contributed by atoms with Gasteiger partial charge in [-0.15, -0.1) is 0 Å². The Morgan fingerprint density at radius 3 is 2.32 bits per heavy atom. The lowest BCUT2D eigenvalue weighted by atomic mass is 10.1. The molecule has 1 unspecified atom stereocenters. The highest BCUT2D eigenvalue weighted by Crippen LogP contribution is 2.32. The molecule has 0 radical (unpaired) electrons. The monoisotopic (exact) mass is 564 g/mol. The Hall–Kier alpha value is -2.38. The molecule has 9 nitrogen and oxygen atoms in total. The van der Waals surface area contributed by atoms with Crippen molar-refractivity contribution in [1.29, 1.82) is 0 Å². The second kappa shape index (κ2) is 10.8. The van der Waals surface area contributed by atoms with Crippen molar-refractivity contribution in [2.45, 2.75) is 42.0 Å². The van der Waals surface area contributed by atoms with Gasteiger partial charge in [-0.3, -0.25) is 9.69 Å². The van der Waals surface area contributed by atoms with E-state index in [-0.39, 0.29) is 21.7 Å². The number of thiazole rings is 1. The van der Waals surface area contributed by atoms with E-state index in [0.29, 0.717) is 40.5 Å². The van der Waals surface area contributed by atoms with Crippen molar-refractivity contribution in [3.05, 3.63) is 48.0 Å². The van der Waals surface area contributed by atoms with Gasteiger partial charge in [-0.05, 0) is 76.3 Å². The molecule has 0 aliphatic carbocycles. The van der Waals surface area contributed by atoms with Crippen molar-refractivity contribution >= 4 is 52.5 Å². The van der Waals surface area contributed by atoms with E-state index in [0.717, 1.165) is 25.5 Å². The van der Waals surface area contributed by atoms with Crippen molar-refractivity contribution in [3.8, 4) is 0 Å². The fraction of sp³-hybridized carbons (Fsp3) is 0.440. The maximum Gasteiger partial charge on any atom is 0.260 e. The van der Waals surface area contributed by atoms with Crippen LogP contribution in [0.25, 0.3) is 10.2 Å². The van der Waals surface area contributed by atoms with E-state index in [9.17, 15) is 21.6 Å². The average molecular weight is 565 g/mol. The van der Waals surface area contributed by atoms with Crippen LogP contribution >= 0.6 is 11.3 Å². The van der Waals surface area contributed by atoms with Gasteiger partial charge in [-0.25, -0.2) is 21.8 Å². The first-order chi connectivity index (χ1) is 17.4. The predicted octanol–water partition coefficient (Wildman–Crippen LogP) is 3.47. The summed E-state index contributed by atoms with van der Waals surface area (Å²) < 4.78 is 52.5. The SMILES string of the molecule is CC1CCCCN1S(=O)(=O)c1ccc(C(=O)N(CCN(C)C)c2nc3ccc(S(C)(=O)=O)cc3s2)cc1. The summed E-state index contributed by atoms with van der Waals surface area (Å²) in [5, 5.41) is 0.450. The van der Waals surface area contributed by atoms with Gasteiger partial charge in [0.25, 0.3) is 5.91 Å². The van der Waals surface area contributed by atoms with Crippen LogP contribution in [0, 0.1) is 0 Å². The maximum atomic E-state index is 13.6. The highest BCUT2D eigenvalue weighted by Gasteiger charge is 2.31. The number of sulfonamides is 1. The minimum atomic E-state index is -3.64. The number of benzene rings is 2. The van der Waals surface area contributed by atoms with Crippen molar-refractivity contribution in [2.24, 2.45) is 0 Å². The quantitative estimate of drug-likeness (QED) is 0.412. The topological polar surface area (TPSA) is 108 Å². The van der Waals surface area contributed by atoms with Crippen LogP contribution in [0.3, 0.4) is 0 Å². The summed E-state index contributed by atoms with van der Waals surface area (Å²) in [6.45, 7) is 3.36. The number of hydrogen-bond acceptors (Lipinski definition) is 8. The molecule has 4 rings (SSSR count). The molecule has 1 atom stereocenters. The first-order valence-electron chi connectivity index (χ1n) is 12.1. The summed E-state index contributed by atoms with van der Waals surface area (Å²) in [6.07, 6.45) is 3.85. The Balaban J connectivity index is 1.64. The Labute approximate surface area is 222 Å². The molecule has 0 N–H and O–H groups in total. The van der Waals surface area contributed by atoms with Crippen LogP contribution in [0.4, 0.5) is 5.13 Å². The van der Waals surface area contributed by atoms with Crippen molar-refractivity contribution in [1.82, 2.24) is 14.2 Å². The molecule has 0 spiro atoms. The average Bonchev–Trinajstić information content (AvgIpc) is 3.26. The second-order valence-electron chi connectivity index (χ2n) is 9.64. The van der Waals surface area contributed by atoms with Gasteiger partial charge in [0.1, 0.15) is 0 Å². The first-order valence-corrected chi connectivity index (χ1v) is 16.2. The number of fused-ring (bicyclic) bond motifs is 1. The third-order valence-electron chi connectivity index (χ3n) is 6.47. The van der Waals surface area contributed by atoms with Gasteiger partial charge in [-0.2, -0.15) is 4.31 Å². The van der Waals surface area contributed by atoms with E-state index in [1.165, 1.54) is 29.5 Å². The Kier molecular flexibility index (Phi) is 8.05.